The second-order valence-corrected chi connectivity index (χ2v) is 6.12. The Morgan fingerprint density at radius 3 is 2.81 bits per heavy atom. The molecule has 1 atom stereocenters. The molecule has 1 fully saturated rings. The number of piperidine rings is 1. The number of benzene rings is 1. The van der Waals surface area contributed by atoms with Gasteiger partial charge in [0.05, 0.1) is 28.7 Å². The highest BCUT2D eigenvalue weighted by atomic mass is 19.4. The van der Waals surface area contributed by atoms with Crippen LogP contribution in [0, 0.1) is 6.92 Å². The van der Waals surface area contributed by atoms with Crippen molar-refractivity contribution in [3.8, 4) is 5.69 Å². The minimum atomic E-state index is -4.46. The molecule has 2 N–H and O–H groups in total. The predicted octanol–water partition coefficient (Wildman–Crippen LogP) is 2.21. The van der Waals surface area contributed by atoms with Gasteiger partial charge >= 0.3 is 6.18 Å². The number of hydrogen-bond donors (Lipinski definition) is 2. The van der Waals surface area contributed by atoms with Gasteiger partial charge in [-0.15, -0.1) is 0 Å². The number of halogens is 3. The third kappa shape index (κ3) is 3.71. The smallest absolute Gasteiger partial charge is 0.354 e. The molecule has 1 aromatic heterocycles. The van der Waals surface area contributed by atoms with Crippen LogP contribution in [0.3, 0.4) is 0 Å². The molecule has 1 aromatic carbocycles. The maximum atomic E-state index is 12.9. The zero-order valence-corrected chi connectivity index (χ0v) is 13.9. The van der Waals surface area contributed by atoms with Crippen molar-refractivity contribution in [2.24, 2.45) is 0 Å². The summed E-state index contributed by atoms with van der Waals surface area (Å²) in [5.74, 6) is -0.425. The number of alkyl halides is 3. The van der Waals surface area contributed by atoms with E-state index in [-0.39, 0.29) is 29.1 Å². The van der Waals surface area contributed by atoms with Crippen molar-refractivity contribution >= 4 is 11.8 Å². The minimum absolute atomic E-state index is 0.0518. The van der Waals surface area contributed by atoms with E-state index in [9.17, 15) is 22.8 Å². The van der Waals surface area contributed by atoms with Crippen molar-refractivity contribution in [3.05, 3.63) is 47.3 Å². The Balaban J connectivity index is 1.80. The molecule has 9 heteroatoms. The lowest BCUT2D eigenvalue weighted by Gasteiger charge is -2.23. The quantitative estimate of drug-likeness (QED) is 0.875. The van der Waals surface area contributed by atoms with E-state index in [2.05, 4.69) is 15.7 Å². The van der Waals surface area contributed by atoms with Crippen LogP contribution < -0.4 is 10.6 Å². The molecule has 138 valence electrons. The average molecular weight is 366 g/mol. The third-order valence-corrected chi connectivity index (χ3v) is 4.27. The molecule has 0 bridgehead atoms. The summed E-state index contributed by atoms with van der Waals surface area (Å²) in [6, 6.07) is 4.57. The summed E-state index contributed by atoms with van der Waals surface area (Å²) in [5, 5.41) is 9.54. The molecule has 26 heavy (non-hydrogen) atoms. The second kappa shape index (κ2) is 6.81. The van der Waals surface area contributed by atoms with Gasteiger partial charge in [-0.05, 0) is 31.5 Å². The molecule has 0 spiro atoms. The molecule has 1 aliphatic heterocycles. The number of carbonyl (C=O) groups excluding carboxylic acids is 2. The Kier molecular flexibility index (Phi) is 4.71. The number of nitrogens with one attached hydrogen (secondary N) is 2. The maximum absolute atomic E-state index is 12.9. The van der Waals surface area contributed by atoms with Gasteiger partial charge < -0.3 is 10.6 Å². The van der Waals surface area contributed by atoms with Gasteiger partial charge in [0.2, 0.25) is 5.91 Å². The Morgan fingerprint density at radius 1 is 1.38 bits per heavy atom. The Bertz CT molecular complexity index is 835. The minimum Gasteiger partial charge on any atom is -0.354 e. The van der Waals surface area contributed by atoms with Crippen LogP contribution in [-0.4, -0.2) is 34.2 Å². The van der Waals surface area contributed by atoms with Crippen LogP contribution in [-0.2, 0) is 11.0 Å². The van der Waals surface area contributed by atoms with Gasteiger partial charge in [-0.3, -0.25) is 9.59 Å². The number of carbonyl (C=O) groups is 2. The van der Waals surface area contributed by atoms with E-state index in [4.69, 9.17) is 0 Å². The van der Waals surface area contributed by atoms with E-state index in [1.807, 2.05) is 0 Å². The molecule has 3 rings (SSSR count). The largest absolute Gasteiger partial charge is 0.416 e. The molecule has 2 amide bonds. The van der Waals surface area contributed by atoms with E-state index >= 15 is 0 Å². The predicted molar refractivity (Wildman–Crippen MR) is 86.8 cm³/mol. The first-order valence-electron chi connectivity index (χ1n) is 8.05. The maximum Gasteiger partial charge on any atom is 0.416 e. The highest BCUT2D eigenvalue weighted by Gasteiger charge is 2.31. The highest BCUT2D eigenvalue weighted by Crippen LogP contribution is 2.30. The van der Waals surface area contributed by atoms with Crippen molar-refractivity contribution in [1.29, 1.82) is 0 Å². The van der Waals surface area contributed by atoms with E-state index in [0.29, 0.717) is 25.1 Å². The summed E-state index contributed by atoms with van der Waals surface area (Å²) < 4.78 is 39.9. The molecule has 2 heterocycles. The molecule has 1 unspecified atom stereocenters. The summed E-state index contributed by atoms with van der Waals surface area (Å²) in [6.07, 6.45) is -2.25. The van der Waals surface area contributed by atoms with E-state index in [0.717, 1.165) is 12.1 Å². The van der Waals surface area contributed by atoms with Crippen LogP contribution in [0.2, 0.25) is 0 Å². The van der Waals surface area contributed by atoms with Crippen molar-refractivity contribution in [2.75, 3.05) is 6.54 Å². The SMILES string of the molecule is Cc1c(C(=O)NC2CCC(=O)NC2)cnn1-c1cccc(C(F)(F)F)c1. The third-order valence-electron chi connectivity index (χ3n) is 4.27. The van der Waals surface area contributed by atoms with Gasteiger partial charge in [0.1, 0.15) is 0 Å². The molecule has 6 nitrogen and oxygen atoms in total. The number of aromatic nitrogens is 2. The average Bonchev–Trinajstić information content (AvgIpc) is 2.98. The van der Waals surface area contributed by atoms with Crippen molar-refractivity contribution in [3.63, 3.8) is 0 Å². The van der Waals surface area contributed by atoms with Gasteiger partial charge in [-0.2, -0.15) is 18.3 Å². The fraction of sp³-hybridized carbons (Fsp3) is 0.353. The number of hydrogen-bond acceptors (Lipinski definition) is 3. The molecule has 0 radical (unpaired) electrons. The fourth-order valence-corrected chi connectivity index (χ4v) is 2.83. The van der Waals surface area contributed by atoms with E-state index < -0.39 is 11.7 Å². The molecular weight excluding hydrogens is 349 g/mol. The zero-order chi connectivity index (χ0) is 18.9. The van der Waals surface area contributed by atoms with Crippen LogP contribution in [0.1, 0.15) is 34.5 Å². The van der Waals surface area contributed by atoms with Crippen LogP contribution in [0.4, 0.5) is 13.2 Å². The second-order valence-electron chi connectivity index (χ2n) is 6.12. The summed E-state index contributed by atoms with van der Waals surface area (Å²) in [7, 11) is 0. The normalized spacial score (nSPS) is 17.7. The fourth-order valence-electron chi connectivity index (χ4n) is 2.83. The molecular formula is C17H17F3N4O2. The lowest BCUT2D eigenvalue weighted by atomic mass is 10.1. The Labute approximate surface area is 147 Å². The Morgan fingerprint density at radius 2 is 2.15 bits per heavy atom. The first-order valence-corrected chi connectivity index (χ1v) is 8.05. The van der Waals surface area contributed by atoms with Crippen molar-refractivity contribution in [2.45, 2.75) is 32.0 Å². The summed E-state index contributed by atoms with van der Waals surface area (Å²) >= 11 is 0. The number of nitrogens with zero attached hydrogens (tertiary/aromatic N) is 2. The summed E-state index contributed by atoms with van der Waals surface area (Å²) in [5.41, 5.74) is 0.149. The first kappa shape index (κ1) is 18.0. The number of rotatable bonds is 3. The lowest BCUT2D eigenvalue weighted by Crippen LogP contribution is -2.47. The van der Waals surface area contributed by atoms with Crippen LogP contribution in [0.15, 0.2) is 30.5 Å². The van der Waals surface area contributed by atoms with E-state index in [1.165, 1.54) is 23.0 Å². The monoisotopic (exact) mass is 366 g/mol. The summed E-state index contributed by atoms with van der Waals surface area (Å²) in [6.45, 7) is 1.97. The summed E-state index contributed by atoms with van der Waals surface area (Å²) in [4.78, 5) is 23.6. The zero-order valence-electron chi connectivity index (χ0n) is 13.9. The topological polar surface area (TPSA) is 76.0 Å². The van der Waals surface area contributed by atoms with Gasteiger partial charge in [-0.25, -0.2) is 4.68 Å². The Hall–Kier alpha value is -2.84. The standard InChI is InChI=1S/C17H17F3N4O2/c1-10-14(16(26)23-12-5-6-15(25)21-8-12)9-22-24(10)13-4-2-3-11(7-13)17(18,19)20/h2-4,7,9,12H,5-6,8H2,1H3,(H,21,25)(H,23,26). The number of amides is 2. The van der Waals surface area contributed by atoms with Crippen LogP contribution in [0.25, 0.3) is 5.69 Å². The lowest BCUT2D eigenvalue weighted by molar-refractivity contribution is -0.137. The van der Waals surface area contributed by atoms with Crippen LogP contribution >= 0.6 is 0 Å². The van der Waals surface area contributed by atoms with Gasteiger partial charge in [0, 0.05) is 19.0 Å². The molecule has 1 aliphatic rings. The molecule has 2 aromatic rings. The molecule has 0 aliphatic carbocycles. The van der Waals surface area contributed by atoms with Crippen LogP contribution in [0.5, 0.6) is 0 Å². The van der Waals surface area contributed by atoms with E-state index in [1.54, 1.807) is 6.92 Å². The van der Waals surface area contributed by atoms with Crippen molar-refractivity contribution in [1.82, 2.24) is 20.4 Å². The van der Waals surface area contributed by atoms with Crippen molar-refractivity contribution < 1.29 is 22.8 Å². The molecule has 1 saturated heterocycles. The van der Waals surface area contributed by atoms with Gasteiger partial charge in [-0.1, -0.05) is 6.07 Å². The van der Waals surface area contributed by atoms with Gasteiger partial charge in [0.15, 0.2) is 0 Å². The first-order chi connectivity index (χ1) is 12.3. The molecule has 0 saturated carbocycles. The highest BCUT2D eigenvalue weighted by molar-refractivity contribution is 5.95. The van der Waals surface area contributed by atoms with Gasteiger partial charge in [0.25, 0.3) is 5.91 Å².